The quantitative estimate of drug-likeness (QED) is 0.746. The summed E-state index contributed by atoms with van der Waals surface area (Å²) in [4.78, 5) is 0. The molecule has 2 aromatic rings. The highest BCUT2D eigenvalue weighted by atomic mass is 35.5. The minimum absolute atomic E-state index is 0.139. The summed E-state index contributed by atoms with van der Waals surface area (Å²) in [7, 11) is 0. The van der Waals surface area contributed by atoms with Crippen LogP contribution in [0.1, 0.15) is 5.56 Å². The van der Waals surface area contributed by atoms with Crippen LogP contribution < -0.4 is 5.32 Å². The number of halogens is 2. The minimum Gasteiger partial charge on any atom is -0.504 e. The van der Waals surface area contributed by atoms with Crippen LogP contribution >= 0.6 is 23.2 Å². The van der Waals surface area contributed by atoms with Gasteiger partial charge < -0.3 is 15.5 Å². The first-order chi connectivity index (χ1) is 8.56. The molecule has 18 heavy (non-hydrogen) atoms. The number of phenols is 2. The van der Waals surface area contributed by atoms with Crippen molar-refractivity contribution < 1.29 is 10.2 Å². The van der Waals surface area contributed by atoms with E-state index >= 15 is 0 Å². The van der Waals surface area contributed by atoms with Gasteiger partial charge in [-0.3, -0.25) is 0 Å². The van der Waals surface area contributed by atoms with E-state index in [1.165, 1.54) is 12.1 Å². The number of rotatable bonds is 3. The van der Waals surface area contributed by atoms with Gasteiger partial charge in [0.15, 0.2) is 11.5 Å². The van der Waals surface area contributed by atoms with Gasteiger partial charge in [0.2, 0.25) is 0 Å². The maximum absolute atomic E-state index is 9.37. The first-order valence-corrected chi connectivity index (χ1v) is 6.01. The molecule has 0 radical (unpaired) electrons. The van der Waals surface area contributed by atoms with Gasteiger partial charge in [-0.05, 0) is 35.9 Å². The molecule has 0 atom stereocenters. The predicted octanol–water partition coefficient (Wildman–Crippen LogP) is 4.02. The largest absolute Gasteiger partial charge is 0.504 e. The van der Waals surface area contributed by atoms with E-state index in [1.807, 2.05) is 0 Å². The van der Waals surface area contributed by atoms with Crippen molar-refractivity contribution in [1.82, 2.24) is 0 Å². The molecule has 0 saturated heterocycles. The van der Waals surface area contributed by atoms with E-state index in [-0.39, 0.29) is 11.5 Å². The van der Waals surface area contributed by atoms with E-state index < -0.39 is 0 Å². The monoisotopic (exact) mass is 283 g/mol. The van der Waals surface area contributed by atoms with Crippen LogP contribution in [0, 0.1) is 0 Å². The smallest absolute Gasteiger partial charge is 0.157 e. The zero-order valence-corrected chi connectivity index (χ0v) is 10.8. The van der Waals surface area contributed by atoms with Gasteiger partial charge in [0.1, 0.15) is 0 Å². The average Bonchev–Trinajstić information content (AvgIpc) is 2.34. The third kappa shape index (κ3) is 3.00. The highest BCUT2D eigenvalue weighted by molar-refractivity contribution is 6.35. The molecule has 0 amide bonds. The lowest BCUT2D eigenvalue weighted by Crippen LogP contribution is -1.99. The van der Waals surface area contributed by atoms with Crippen molar-refractivity contribution in [1.29, 1.82) is 0 Å². The van der Waals surface area contributed by atoms with Crippen LogP contribution in [0.3, 0.4) is 0 Å². The third-order valence-electron chi connectivity index (χ3n) is 2.45. The van der Waals surface area contributed by atoms with Crippen molar-refractivity contribution in [2.75, 3.05) is 5.32 Å². The molecule has 0 fully saturated rings. The molecule has 0 aromatic heterocycles. The second kappa shape index (κ2) is 5.38. The van der Waals surface area contributed by atoms with E-state index in [0.717, 1.165) is 11.3 Å². The highest BCUT2D eigenvalue weighted by Crippen LogP contribution is 2.28. The molecule has 94 valence electrons. The van der Waals surface area contributed by atoms with Crippen LogP contribution in [0.15, 0.2) is 36.4 Å². The Morgan fingerprint density at radius 2 is 1.72 bits per heavy atom. The molecule has 0 spiro atoms. The summed E-state index contributed by atoms with van der Waals surface area (Å²) < 4.78 is 0. The Kier molecular flexibility index (Phi) is 3.84. The van der Waals surface area contributed by atoms with E-state index in [9.17, 15) is 10.2 Å². The number of aromatic hydroxyl groups is 2. The fraction of sp³-hybridized carbons (Fsp3) is 0.0769. The SMILES string of the molecule is Oc1ccc(CNc2cc(Cl)ccc2Cl)cc1O. The molecule has 0 heterocycles. The number of hydrogen-bond acceptors (Lipinski definition) is 3. The van der Waals surface area contributed by atoms with Gasteiger partial charge in [0, 0.05) is 11.6 Å². The van der Waals surface area contributed by atoms with Crippen molar-refractivity contribution in [2.45, 2.75) is 6.54 Å². The van der Waals surface area contributed by atoms with Crippen LogP contribution in [-0.2, 0) is 6.54 Å². The molecule has 0 aliphatic rings. The Morgan fingerprint density at radius 3 is 2.44 bits per heavy atom. The average molecular weight is 284 g/mol. The number of benzene rings is 2. The summed E-state index contributed by atoms with van der Waals surface area (Å²) in [5, 5.41) is 22.8. The second-order valence-corrected chi connectivity index (χ2v) is 4.64. The lowest BCUT2D eigenvalue weighted by Gasteiger charge is -2.09. The summed E-state index contributed by atoms with van der Waals surface area (Å²) in [6, 6.07) is 9.78. The standard InChI is InChI=1S/C13H11Cl2NO2/c14-9-2-3-10(15)11(6-9)16-7-8-1-4-12(17)13(18)5-8/h1-6,16-18H,7H2. The van der Waals surface area contributed by atoms with E-state index in [1.54, 1.807) is 24.3 Å². The van der Waals surface area contributed by atoms with Gasteiger partial charge in [-0.1, -0.05) is 29.3 Å². The Bertz CT molecular complexity index is 573. The summed E-state index contributed by atoms with van der Waals surface area (Å²) in [5.41, 5.74) is 1.54. The molecular formula is C13H11Cl2NO2. The van der Waals surface area contributed by atoms with Gasteiger partial charge in [0.25, 0.3) is 0 Å². The first kappa shape index (κ1) is 12.9. The molecule has 3 N–H and O–H groups in total. The van der Waals surface area contributed by atoms with Crippen molar-refractivity contribution in [3.63, 3.8) is 0 Å². The van der Waals surface area contributed by atoms with Crippen LogP contribution in [0.5, 0.6) is 11.5 Å². The summed E-state index contributed by atoms with van der Waals surface area (Å²) in [6.45, 7) is 0.466. The molecule has 2 rings (SSSR count). The molecule has 5 heteroatoms. The molecule has 2 aromatic carbocycles. The number of nitrogens with one attached hydrogen (secondary N) is 1. The fourth-order valence-electron chi connectivity index (χ4n) is 1.51. The summed E-state index contributed by atoms with van der Waals surface area (Å²) >= 11 is 11.9. The molecule has 0 saturated carbocycles. The molecular weight excluding hydrogens is 273 g/mol. The second-order valence-electron chi connectivity index (χ2n) is 3.80. The molecule has 0 aliphatic carbocycles. The molecule has 0 unspecified atom stereocenters. The maximum Gasteiger partial charge on any atom is 0.157 e. The maximum atomic E-state index is 9.37. The highest BCUT2D eigenvalue weighted by Gasteiger charge is 2.03. The Morgan fingerprint density at radius 1 is 0.944 bits per heavy atom. The lowest BCUT2D eigenvalue weighted by atomic mass is 10.2. The number of anilines is 1. The zero-order chi connectivity index (χ0) is 13.1. The Hall–Kier alpha value is -1.58. The molecule has 0 aliphatic heterocycles. The summed E-state index contributed by atoms with van der Waals surface area (Å²) in [5.74, 6) is -0.286. The van der Waals surface area contributed by atoms with Gasteiger partial charge in [0.05, 0.1) is 10.7 Å². The Balaban J connectivity index is 2.11. The number of hydrogen-bond donors (Lipinski definition) is 3. The van der Waals surface area contributed by atoms with Crippen molar-refractivity contribution in [2.24, 2.45) is 0 Å². The van der Waals surface area contributed by atoms with E-state index in [0.29, 0.717) is 16.6 Å². The fourth-order valence-corrected chi connectivity index (χ4v) is 1.87. The van der Waals surface area contributed by atoms with Gasteiger partial charge in [-0.2, -0.15) is 0 Å². The molecule has 3 nitrogen and oxygen atoms in total. The van der Waals surface area contributed by atoms with Gasteiger partial charge in [-0.25, -0.2) is 0 Å². The predicted molar refractivity (Wildman–Crippen MR) is 73.6 cm³/mol. The van der Waals surface area contributed by atoms with E-state index in [4.69, 9.17) is 23.2 Å². The normalized spacial score (nSPS) is 10.3. The van der Waals surface area contributed by atoms with Crippen LogP contribution in [0.2, 0.25) is 10.0 Å². The van der Waals surface area contributed by atoms with Crippen molar-refractivity contribution >= 4 is 28.9 Å². The van der Waals surface area contributed by atoms with Crippen molar-refractivity contribution in [3.05, 3.63) is 52.0 Å². The first-order valence-electron chi connectivity index (χ1n) is 5.26. The lowest BCUT2D eigenvalue weighted by molar-refractivity contribution is 0.403. The Labute approximate surface area is 115 Å². The van der Waals surface area contributed by atoms with Crippen LogP contribution in [0.25, 0.3) is 0 Å². The topological polar surface area (TPSA) is 52.5 Å². The van der Waals surface area contributed by atoms with Gasteiger partial charge >= 0.3 is 0 Å². The van der Waals surface area contributed by atoms with E-state index in [2.05, 4.69) is 5.32 Å². The minimum atomic E-state index is -0.147. The van der Waals surface area contributed by atoms with Gasteiger partial charge in [-0.15, -0.1) is 0 Å². The van der Waals surface area contributed by atoms with Crippen LogP contribution in [0.4, 0.5) is 5.69 Å². The van der Waals surface area contributed by atoms with Crippen molar-refractivity contribution in [3.8, 4) is 11.5 Å². The summed E-state index contributed by atoms with van der Waals surface area (Å²) in [6.07, 6.45) is 0. The zero-order valence-electron chi connectivity index (χ0n) is 9.32. The third-order valence-corrected chi connectivity index (χ3v) is 3.02. The molecule has 0 bridgehead atoms. The number of phenolic OH excluding ortho intramolecular Hbond substituents is 2. The van der Waals surface area contributed by atoms with Crippen LogP contribution in [-0.4, -0.2) is 10.2 Å².